The molecule has 0 aliphatic carbocycles. The lowest BCUT2D eigenvalue weighted by Gasteiger charge is -2.20. The van der Waals surface area contributed by atoms with E-state index in [1.807, 2.05) is 0 Å². The maximum Gasteiger partial charge on any atom is 0.472 e. The molecular formula is C44H82NO7P. The predicted molar refractivity (Wildman–Crippen MR) is 224 cm³/mol. The average molecular weight is 768 g/mol. The fourth-order valence-corrected chi connectivity index (χ4v) is 6.53. The zero-order chi connectivity index (χ0) is 38.8. The van der Waals surface area contributed by atoms with E-state index in [1.54, 1.807) is 0 Å². The highest BCUT2D eigenvalue weighted by Crippen LogP contribution is 2.43. The molecule has 0 rings (SSSR count). The van der Waals surface area contributed by atoms with Gasteiger partial charge < -0.3 is 20.1 Å². The molecule has 0 aromatic rings. The Kier molecular flexibility index (Phi) is 40.4. The van der Waals surface area contributed by atoms with E-state index in [4.69, 9.17) is 24.3 Å². The van der Waals surface area contributed by atoms with Crippen molar-refractivity contribution in [3.8, 4) is 0 Å². The number of hydrogen-bond acceptors (Lipinski definition) is 7. The van der Waals surface area contributed by atoms with Crippen molar-refractivity contribution in [2.24, 2.45) is 5.73 Å². The van der Waals surface area contributed by atoms with Crippen LogP contribution < -0.4 is 5.73 Å². The number of phosphoric acid groups is 1. The molecule has 0 amide bonds. The average Bonchev–Trinajstić information content (AvgIpc) is 3.15. The first kappa shape index (κ1) is 51.5. The summed E-state index contributed by atoms with van der Waals surface area (Å²) < 4.78 is 33.4. The Labute approximate surface area is 326 Å². The summed E-state index contributed by atoms with van der Waals surface area (Å²) in [6.07, 6.45) is 48.3. The smallest absolute Gasteiger partial charge is 0.457 e. The van der Waals surface area contributed by atoms with Crippen LogP contribution in [0, 0.1) is 0 Å². The van der Waals surface area contributed by atoms with Crippen LogP contribution in [0.25, 0.3) is 0 Å². The zero-order valence-corrected chi connectivity index (χ0v) is 35.1. The molecule has 9 heteroatoms. The summed E-state index contributed by atoms with van der Waals surface area (Å²) in [5.74, 6) is -0.343. The molecule has 310 valence electrons. The van der Waals surface area contributed by atoms with Crippen molar-refractivity contribution in [3.63, 3.8) is 0 Å². The van der Waals surface area contributed by atoms with Crippen LogP contribution in [0.1, 0.15) is 187 Å². The molecule has 0 aliphatic heterocycles. The summed E-state index contributed by atoms with van der Waals surface area (Å²) in [5, 5.41) is 0. The number of phosphoric ester groups is 1. The minimum absolute atomic E-state index is 0.0956. The predicted octanol–water partition coefficient (Wildman–Crippen LogP) is 12.8. The number of carbonyl (C=O) groups is 1. The Morgan fingerprint density at radius 1 is 0.566 bits per heavy atom. The van der Waals surface area contributed by atoms with E-state index in [9.17, 15) is 14.3 Å². The minimum Gasteiger partial charge on any atom is -0.457 e. The molecule has 0 fully saturated rings. The number of unbranched alkanes of at least 4 members (excludes halogenated alkanes) is 20. The van der Waals surface area contributed by atoms with E-state index in [2.05, 4.69) is 62.5 Å². The highest BCUT2D eigenvalue weighted by atomic mass is 31.2. The van der Waals surface area contributed by atoms with E-state index in [1.165, 1.54) is 103 Å². The Balaban J connectivity index is 4.07. The first-order chi connectivity index (χ1) is 25.9. The third-order valence-electron chi connectivity index (χ3n) is 8.97. The molecule has 3 N–H and O–H groups in total. The van der Waals surface area contributed by atoms with Gasteiger partial charge in [-0.2, -0.15) is 0 Å². The second-order valence-corrected chi connectivity index (χ2v) is 15.7. The molecule has 0 aromatic carbocycles. The highest BCUT2D eigenvalue weighted by Gasteiger charge is 2.25. The number of nitrogens with two attached hydrogens (primary N) is 1. The van der Waals surface area contributed by atoms with E-state index in [0.29, 0.717) is 13.0 Å². The van der Waals surface area contributed by atoms with Crippen LogP contribution in [0.2, 0.25) is 0 Å². The van der Waals surface area contributed by atoms with Crippen LogP contribution in [-0.4, -0.2) is 49.9 Å². The van der Waals surface area contributed by atoms with Gasteiger partial charge in [-0.1, -0.05) is 152 Å². The number of hydrogen-bond donors (Lipinski definition) is 2. The molecule has 2 unspecified atom stereocenters. The monoisotopic (exact) mass is 768 g/mol. The molecule has 0 bridgehead atoms. The lowest BCUT2D eigenvalue weighted by atomic mass is 10.1. The van der Waals surface area contributed by atoms with Gasteiger partial charge in [-0.05, 0) is 77.0 Å². The normalized spacial score (nSPS) is 14.0. The maximum atomic E-state index is 12.6. The Morgan fingerprint density at radius 2 is 1.00 bits per heavy atom. The van der Waals surface area contributed by atoms with Gasteiger partial charge in [0.1, 0.15) is 6.10 Å². The van der Waals surface area contributed by atoms with Gasteiger partial charge in [0.2, 0.25) is 0 Å². The van der Waals surface area contributed by atoms with Gasteiger partial charge in [0.25, 0.3) is 0 Å². The van der Waals surface area contributed by atoms with Crippen LogP contribution >= 0.6 is 7.82 Å². The summed E-state index contributed by atoms with van der Waals surface area (Å²) in [7, 11) is -4.28. The topological polar surface area (TPSA) is 117 Å². The molecule has 0 radical (unpaired) electrons. The number of ether oxygens (including phenoxy) is 2. The van der Waals surface area contributed by atoms with Crippen LogP contribution in [-0.2, 0) is 27.9 Å². The van der Waals surface area contributed by atoms with Crippen molar-refractivity contribution in [2.45, 2.75) is 193 Å². The molecule has 0 saturated carbocycles. The summed E-state index contributed by atoms with van der Waals surface area (Å²) in [4.78, 5) is 22.5. The SMILES string of the molecule is CCCCC/C=C\C/C=C\CCCCCCCCCC(=O)OC(COCCCCCCCC/C=C\C/C=C\CCCCCC)COP(=O)(O)OCCN. The van der Waals surface area contributed by atoms with E-state index < -0.39 is 13.9 Å². The summed E-state index contributed by atoms with van der Waals surface area (Å²) in [5.41, 5.74) is 5.37. The van der Waals surface area contributed by atoms with Crippen LogP contribution in [0.15, 0.2) is 48.6 Å². The van der Waals surface area contributed by atoms with Gasteiger partial charge in [0, 0.05) is 19.6 Å². The molecule has 0 saturated heterocycles. The van der Waals surface area contributed by atoms with Crippen LogP contribution in [0.4, 0.5) is 0 Å². The fourth-order valence-electron chi connectivity index (χ4n) is 5.76. The number of allylic oxidation sites excluding steroid dienone is 8. The second kappa shape index (κ2) is 41.6. The van der Waals surface area contributed by atoms with E-state index in [0.717, 1.165) is 64.2 Å². The van der Waals surface area contributed by atoms with Crippen molar-refractivity contribution in [3.05, 3.63) is 48.6 Å². The third kappa shape index (κ3) is 41.5. The van der Waals surface area contributed by atoms with Gasteiger partial charge in [-0.25, -0.2) is 4.57 Å². The van der Waals surface area contributed by atoms with Crippen molar-refractivity contribution in [1.29, 1.82) is 0 Å². The molecule has 0 aliphatic rings. The molecule has 2 atom stereocenters. The molecule has 0 heterocycles. The largest absolute Gasteiger partial charge is 0.472 e. The lowest BCUT2D eigenvalue weighted by Crippen LogP contribution is -2.28. The van der Waals surface area contributed by atoms with Crippen LogP contribution in [0.5, 0.6) is 0 Å². The summed E-state index contributed by atoms with van der Waals surface area (Å²) in [6, 6.07) is 0. The molecule has 0 spiro atoms. The van der Waals surface area contributed by atoms with Gasteiger partial charge >= 0.3 is 13.8 Å². The first-order valence-electron chi connectivity index (χ1n) is 21.6. The van der Waals surface area contributed by atoms with Crippen molar-refractivity contribution in [1.82, 2.24) is 0 Å². The Morgan fingerprint density at radius 3 is 1.51 bits per heavy atom. The molecule has 8 nitrogen and oxygen atoms in total. The standard InChI is InChI=1S/C44H82NO7P/c1-3-5-7-9-11-13-15-17-19-21-23-25-27-29-31-33-35-37-44(46)52-43(42-51-53(47,48)50-40-38-45)41-49-39-36-34-32-30-28-26-24-22-20-18-16-14-12-10-8-6-4-2/h11,13-14,16-17,19-20,22,43H,3-10,12,15,18,21,23-42,45H2,1-2H3,(H,47,48)/b13-11-,16-14-,19-17-,22-20-. The Bertz CT molecular complexity index is 952. The first-order valence-corrected chi connectivity index (χ1v) is 23.1. The van der Waals surface area contributed by atoms with E-state index in [-0.39, 0.29) is 32.3 Å². The zero-order valence-electron chi connectivity index (χ0n) is 34.2. The van der Waals surface area contributed by atoms with E-state index >= 15 is 0 Å². The Hall–Kier alpha value is -1.54. The fraction of sp³-hybridized carbons (Fsp3) is 0.795. The van der Waals surface area contributed by atoms with Gasteiger partial charge in [0.15, 0.2) is 0 Å². The number of esters is 1. The lowest BCUT2D eigenvalue weighted by molar-refractivity contribution is -0.154. The quantitative estimate of drug-likeness (QED) is 0.0273. The van der Waals surface area contributed by atoms with Gasteiger partial charge in [-0.3, -0.25) is 13.8 Å². The number of rotatable bonds is 41. The van der Waals surface area contributed by atoms with Gasteiger partial charge in [0.05, 0.1) is 19.8 Å². The second-order valence-electron chi connectivity index (χ2n) is 14.2. The molecule has 0 aromatic heterocycles. The summed E-state index contributed by atoms with van der Waals surface area (Å²) in [6.45, 7) is 4.85. The molecule has 53 heavy (non-hydrogen) atoms. The maximum absolute atomic E-state index is 12.6. The highest BCUT2D eigenvalue weighted by molar-refractivity contribution is 7.47. The summed E-state index contributed by atoms with van der Waals surface area (Å²) >= 11 is 0. The molecular weight excluding hydrogens is 685 g/mol. The van der Waals surface area contributed by atoms with Gasteiger partial charge in [-0.15, -0.1) is 0 Å². The van der Waals surface area contributed by atoms with Crippen LogP contribution in [0.3, 0.4) is 0 Å². The third-order valence-corrected chi connectivity index (χ3v) is 9.95. The van der Waals surface area contributed by atoms with Crippen molar-refractivity contribution in [2.75, 3.05) is 33.0 Å². The van der Waals surface area contributed by atoms with Crippen molar-refractivity contribution < 1.29 is 32.8 Å². The number of carbonyl (C=O) groups excluding carboxylic acids is 1. The van der Waals surface area contributed by atoms with Crippen molar-refractivity contribution >= 4 is 13.8 Å². The minimum atomic E-state index is -4.28.